The van der Waals surface area contributed by atoms with Gasteiger partial charge in [0.25, 0.3) is 5.91 Å². The Bertz CT molecular complexity index is 703. The molecule has 0 bridgehead atoms. The van der Waals surface area contributed by atoms with E-state index in [0.29, 0.717) is 20.5 Å². The topological polar surface area (TPSA) is 55.1 Å². The summed E-state index contributed by atoms with van der Waals surface area (Å²) in [6.07, 6.45) is 0. The summed E-state index contributed by atoms with van der Waals surface area (Å²) in [6.45, 7) is 0.157. The zero-order chi connectivity index (χ0) is 14.5. The Morgan fingerprint density at radius 2 is 2.20 bits per heavy atom. The summed E-state index contributed by atoms with van der Waals surface area (Å²) in [4.78, 5) is 12.5. The number of anilines is 1. The lowest BCUT2D eigenvalue weighted by Gasteiger charge is -2.06. The number of nitrogens with two attached hydrogens (primary N) is 1. The lowest BCUT2D eigenvalue weighted by Crippen LogP contribution is -2.11. The Balaban J connectivity index is 2.26. The van der Waals surface area contributed by atoms with Crippen LogP contribution in [-0.4, -0.2) is 12.5 Å². The second-order valence-electron chi connectivity index (χ2n) is 3.75. The molecule has 0 atom stereocenters. The molecule has 0 radical (unpaired) electrons. The van der Waals surface area contributed by atoms with Gasteiger partial charge < -0.3 is 11.1 Å². The van der Waals surface area contributed by atoms with Gasteiger partial charge in [-0.3, -0.25) is 4.79 Å². The van der Waals surface area contributed by atoms with Crippen LogP contribution in [0.1, 0.15) is 15.2 Å². The number of amides is 1. The van der Waals surface area contributed by atoms with Crippen molar-refractivity contribution >= 4 is 34.5 Å². The van der Waals surface area contributed by atoms with E-state index < -0.39 is 5.82 Å². The van der Waals surface area contributed by atoms with Crippen LogP contribution in [-0.2, 0) is 0 Å². The van der Waals surface area contributed by atoms with E-state index in [1.807, 2.05) is 0 Å². The molecule has 0 unspecified atom stereocenters. The maximum Gasteiger partial charge on any atom is 0.265 e. The highest BCUT2D eigenvalue weighted by Crippen LogP contribution is 2.23. The van der Waals surface area contributed by atoms with E-state index in [-0.39, 0.29) is 12.5 Å². The summed E-state index contributed by atoms with van der Waals surface area (Å²) in [7, 11) is 0. The highest BCUT2D eigenvalue weighted by Gasteiger charge is 2.11. The van der Waals surface area contributed by atoms with E-state index in [2.05, 4.69) is 17.2 Å². The number of hydrogen-bond acceptors (Lipinski definition) is 3. The average molecular weight is 309 g/mol. The van der Waals surface area contributed by atoms with E-state index in [4.69, 9.17) is 17.3 Å². The quantitative estimate of drug-likeness (QED) is 0.838. The first-order valence-corrected chi connectivity index (χ1v) is 6.85. The summed E-state index contributed by atoms with van der Waals surface area (Å²) in [5, 5.41) is 2.68. The fourth-order valence-electron chi connectivity index (χ4n) is 1.50. The minimum Gasteiger partial charge on any atom is -0.320 e. The maximum atomic E-state index is 13.2. The van der Waals surface area contributed by atoms with Crippen molar-refractivity contribution in [3.05, 3.63) is 50.9 Å². The van der Waals surface area contributed by atoms with Crippen molar-refractivity contribution in [2.75, 3.05) is 11.9 Å². The van der Waals surface area contributed by atoms with Gasteiger partial charge in [0.2, 0.25) is 0 Å². The highest BCUT2D eigenvalue weighted by atomic mass is 35.5. The van der Waals surface area contributed by atoms with E-state index in [0.717, 1.165) is 0 Å². The summed E-state index contributed by atoms with van der Waals surface area (Å²) < 4.78 is 13.7. The van der Waals surface area contributed by atoms with Crippen molar-refractivity contribution < 1.29 is 9.18 Å². The van der Waals surface area contributed by atoms with Crippen LogP contribution in [0.4, 0.5) is 10.1 Å². The Labute approximate surface area is 124 Å². The van der Waals surface area contributed by atoms with E-state index in [1.165, 1.54) is 29.5 Å². The van der Waals surface area contributed by atoms with E-state index in [1.54, 1.807) is 12.1 Å². The van der Waals surface area contributed by atoms with Crippen LogP contribution < -0.4 is 11.1 Å². The molecule has 1 aromatic heterocycles. The summed E-state index contributed by atoms with van der Waals surface area (Å²) in [5.74, 6) is 4.61. The van der Waals surface area contributed by atoms with Crippen molar-refractivity contribution in [2.24, 2.45) is 5.73 Å². The van der Waals surface area contributed by atoms with E-state index >= 15 is 0 Å². The van der Waals surface area contributed by atoms with Crippen LogP contribution in [0.2, 0.25) is 4.34 Å². The zero-order valence-electron chi connectivity index (χ0n) is 10.2. The van der Waals surface area contributed by atoms with Gasteiger partial charge >= 0.3 is 0 Å². The molecule has 0 aliphatic rings. The fourth-order valence-corrected chi connectivity index (χ4v) is 2.43. The number of thiophene rings is 1. The minimum atomic E-state index is -0.427. The molecule has 2 aromatic rings. The smallest absolute Gasteiger partial charge is 0.265 e. The van der Waals surface area contributed by atoms with Crippen LogP contribution in [0.15, 0.2) is 30.3 Å². The molecule has 0 aliphatic heterocycles. The van der Waals surface area contributed by atoms with Crippen molar-refractivity contribution in [1.29, 1.82) is 0 Å². The molecule has 3 N–H and O–H groups in total. The predicted molar refractivity (Wildman–Crippen MR) is 79.6 cm³/mol. The van der Waals surface area contributed by atoms with Crippen molar-refractivity contribution in [1.82, 2.24) is 0 Å². The van der Waals surface area contributed by atoms with Gasteiger partial charge in [0.15, 0.2) is 0 Å². The number of benzene rings is 1. The second-order valence-corrected chi connectivity index (χ2v) is 5.47. The molecule has 0 aliphatic carbocycles. The third-order valence-corrected chi connectivity index (χ3v) is 3.58. The number of halogens is 2. The molecule has 1 aromatic carbocycles. The van der Waals surface area contributed by atoms with Gasteiger partial charge in [0, 0.05) is 0 Å². The first-order valence-electron chi connectivity index (χ1n) is 5.65. The third-order valence-electron chi connectivity index (χ3n) is 2.35. The molecule has 3 nitrogen and oxygen atoms in total. The first-order chi connectivity index (χ1) is 9.60. The van der Waals surface area contributed by atoms with Crippen LogP contribution in [0.25, 0.3) is 0 Å². The molecule has 20 heavy (non-hydrogen) atoms. The van der Waals surface area contributed by atoms with Crippen molar-refractivity contribution in [3.8, 4) is 11.8 Å². The van der Waals surface area contributed by atoms with Gasteiger partial charge in [-0.2, -0.15) is 0 Å². The highest BCUT2D eigenvalue weighted by molar-refractivity contribution is 7.18. The van der Waals surface area contributed by atoms with Crippen molar-refractivity contribution in [2.45, 2.75) is 0 Å². The summed E-state index contributed by atoms with van der Waals surface area (Å²) in [6, 6.07) is 7.23. The number of carbonyl (C=O) groups excluding carboxylic acids is 1. The molecular weight excluding hydrogens is 299 g/mol. The molecule has 1 heterocycles. The first kappa shape index (κ1) is 14.5. The maximum absolute atomic E-state index is 13.2. The zero-order valence-corrected chi connectivity index (χ0v) is 11.8. The van der Waals surface area contributed by atoms with Crippen LogP contribution in [0.3, 0.4) is 0 Å². The average Bonchev–Trinajstić information content (AvgIpc) is 2.85. The number of hydrogen-bond donors (Lipinski definition) is 2. The Morgan fingerprint density at radius 1 is 1.40 bits per heavy atom. The molecule has 0 saturated carbocycles. The molecule has 0 spiro atoms. The third kappa shape index (κ3) is 3.58. The molecule has 0 fully saturated rings. The lowest BCUT2D eigenvalue weighted by molar-refractivity contribution is 0.103. The van der Waals surface area contributed by atoms with Crippen molar-refractivity contribution in [3.63, 3.8) is 0 Å². The Hall–Kier alpha value is -1.87. The van der Waals surface area contributed by atoms with Gasteiger partial charge in [0.1, 0.15) is 5.82 Å². The Kier molecular flexibility index (Phi) is 4.74. The fraction of sp³-hybridized carbons (Fsp3) is 0.0714. The SMILES string of the molecule is NCC#Cc1cc(F)ccc1NC(=O)c1ccc(Cl)s1. The number of carbonyl (C=O) groups is 1. The number of rotatable bonds is 2. The lowest BCUT2D eigenvalue weighted by atomic mass is 10.1. The van der Waals surface area contributed by atoms with E-state index in [9.17, 15) is 9.18 Å². The summed E-state index contributed by atoms with van der Waals surface area (Å²) in [5.41, 5.74) is 6.11. The van der Waals surface area contributed by atoms with Crippen LogP contribution >= 0.6 is 22.9 Å². The molecule has 6 heteroatoms. The Morgan fingerprint density at radius 3 is 2.85 bits per heavy atom. The number of nitrogens with one attached hydrogen (secondary N) is 1. The van der Waals surface area contributed by atoms with Gasteiger partial charge in [-0.25, -0.2) is 4.39 Å². The normalized spacial score (nSPS) is 9.75. The monoisotopic (exact) mass is 308 g/mol. The molecule has 0 saturated heterocycles. The predicted octanol–water partition coefficient (Wildman–Crippen LogP) is 3.10. The molecule has 102 valence electrons. The van der Waals surface area contributed by atoms with Gasteiger partial charge in [-0.15, -0.1) is 11.3 Å². The van der Waals surface area contributed by atoms with Gasteiger partial charge in [0.05, 0.1) is 27.0 Å². The summed E-state index contributed by atoms with van der Waals surface area (Å²) >= 11 is 6.95. The molecular formula is C14H10ClFN2OS. The molecule has 1 amide bonds. The van der Waals surface area contributed by atoms with Crippen LogP contribution in [0, 0.1) is 17.7 Å². The minimum absolute atomic E-state index is 0.157. The van der Waals surface area contributed by atoms with Crippen LogP contribution in [0.5, 0.6) is 0 Å². The van der Waals surface area contributed by atoms with Gasteiger partial charge in [-0.1, -0.05) is 23.4 Å². The standard InChI is InChI=1S/C14H10ClFN2OS/c15-13-6-5-12(20-13)14(19)18-11-4-3-10(16)8-9(11)2-1-7-17/h3-6,8H,7,17H2,(H,18,19). The largest absolute Gasteiger partial charge is 0.320 e. The van der Waals surface area contributed by atoms with Gasteiger partial charge in [-0.05, 0) is 30.3 Å². The second kappa shape index (κ2) is 6.53. The molecule has 2 rings (SSSR count).